The van der Waals surface area contributed by atoms with Crippen molar-refractivity contribution >= 4 is 23.2 Å². The topological polar surface area (TPSA) is 110 Å². The van der Waals surface area contributed by atoms with E-state index in [-0.39, 0.29) is 24.3 Å². The highest BCUT2D eigenvalue weighted by Crippen LogP contribution is 2.21. The van der Waals surface area contributed by atoms with Crippen LogP contribution >= 0.6 is 11.3 Å². The van der Waals surface area contributed by atoms with Crippen LogP contribution in [0.4, 0.5) is 0 Å². The predicted octanol–water partition coefficient (Wildman–Crippen LogP) is 0.963. The van der Waals surface area contributed by atoms with Crippen molar-refractivity contribution in [2.45, 2.75) is 26.3 Å². The summed E-state index contributed by atoms with van der Waals surface area (Å²) in [5.74, 6) is -0.523. The predicted molar refractivity (Wildman–Crippen MR) is 97.9 cm³/mol. The van der Waals surface area contributed by atoms with E-state index in [1.165, 1.54) is 0 Å². The highest BCUT2D eigenvalue weighted by Gasteiger charge is 2.17. The Morgan fingerprint density at radius 2 is 1.96 bits per heavy atom. The zero-order valence-corrected chi connectivity index (χ0v) is 15.2. The molecule has 0 fully saturated rings. The lowest BCUT2D eigenvalue weighted by molar-refractivity contribution is -0.127. The average Bonchev–Trinajstić information content (AvgIpc) is 3.08. The fourth-order valence-electron chi connectivity index (χ4n) is 2.04. The van der Waals surface area contributed by atoms with Crippen LogP contribution in [-0.4, -0.2) is 40.9 Å². The fraction of sp³-hybridized carbons (Fsp3) is 0.412. The van der Waals surface area contributed by atoms with E-state index >= 15 is 0 Å². The van der Waals surface area contributed by atoms with E-state index in [0.717, 1.165) is 16.3 Å². The molecule has 2 rings (SSSR count). The fourth-order valence-corrected chi connectivity index (χ4v) is 2.85. The van der Waals surface area contributed by atoms with Gasteiger partial charge in [0.2, 0.25) is 11.8 Å². The number of rotatable bonds is 8. The Bertz CT molecular complexity index is 702. The maximum Gasteiger partial charge on any atom is 0.239 e. The van der Waals surface area contributed by atoms with Crippen LogP contribution in [0.3, 0.4) is 0 Å². The molecule has 0 aliphatic rings. The summed E-state index contributed by atoms with van der Waals surface area (Å²) in [6, 6.07) is 3.21. The molecule has 2 amide bonds. The number of hydrogen-bond acceptors (Lipinski definition) is 6. The monoisotopic (exact) mass is 361 g/mol. The highest BCUT2D eigenvalue weighted by molar-refractivity contribution is 7.09. The summed E-state index contributed by atoms with van der Waals surface area (Å²) in [6.07, 6.45) is 4.10. The summed E-state index contributed by atoms with van der Waals surface area (Å²) >= 11 is 1.55. The zero-order chi connectivity index (χ0) is 18.2. The summed E-state index contributed by atoms with van der Waals surface area (Å²) in [5, 5.41) is 8.24. The van der Waals surface area contributed by atoms with Crippen LogP contribution in [0.5, 0.6) is 0 Å². The molecule has 0 spiro atoms. The maximum absolute atomic E-state index is 11.8. The number of nitrogens with one attached hydrogen (secondary N) is 2. The molecule has 8 heteroatoms. The quantitative estimate of drug-likeness (QED) is 0.649. The zero-order valence-electron chi connectivity index (χ0n) is 14.4. The number of nitrogens with zero attached hydrogens (tertiary/aromatic N) is 2. The van der Waals surface area contributed by atoms with Gasteiger partial charge in [-0.15, -0.1) is 11.3 Å². The molecule has 25 heavy (non-hydrogen) atoms. The van der Waals surface area contributed by atoms with Crippen molar-refractivity contribution in [3.8, 4) is 11.3 Å². The second kappa shape index (κ2) is 9.24. The van der Waals surface area contributed by atoms with E-state index < -0.39 is 6.04 Å². The molecule has 0 unspecified atom stereocenters. The van der Waals surface area contributed by atoms with Crippen molar-refractivity contribution < 1.29 is 9.59 Å². The number of carbonyl (C=O) groups is 2. The summed E-state index contributed by atoms with van der Waals surface area (Å²) < 4.78 is 0. The molecule has 0 aliphatic heterocycles. The largest absolute Gasteiger partial charge is 0.354 e. The molecular weight excluding hydrogens is 338 g/mol. The molecule has 0 aliphatic carbocycles. The summed E-state index contributed by atoms with van der Waals surface area (Å²) in [7, 11) is 0. The lowest BCUT2D eigenvalue weighted by Crippen LogP contribution is -2.47. The van der Waals surface area contributed by atoms with Crippen molar-refractivity contribution in [1.29, 1.82) is 0 Å². The molecule has 7 nitrogen and oxygen atoms in total. The first kappa shape index (κ1) is 19.0. The Morgan fingerprint density at radius 3 is 2.64 bits per heavy atom. The van der Waals surface area contributed by atoms with E-state index in [4.69, 9.17) is 5.73 Å². The van der Waals surface area contributed by atoms with Crippen LogP contribution in [0.15, 0.2) is 29.9 Å². The second-order valence-electron chi connectivity index (χ2n) is 5.95. The van der Waals surface area contributed by atoms with Gasteiger partial charge in [0.05, 0.1) is 23.3 Å². The summed E-state index contributed by atoms with van der Waals surface area (Å²) in [4.78, 5) is 32.0. The summed E-state index contributed by atoms with van der Waals surface area (Å²) in [5.41, 5.74) is 7.64. The smallest absolute Gasteiger partial charge is 0.239 e. The SMILES string of the molecule is CC(C)[C@H](N)C(=O)NCC(=O)NCCc1nc(-c2ccncc2)cs1. The van der Waals surface area contributed by atoms with Gasteiger partial charge in [0.1, 0.15) is 0 Å². The van der Waals surface area contributed by atoms with E-state index in [9.17, 15) is 9.59 Å². The van der Waals surface area contributed by atoms with E-state index in [1.54, 1.807) is 23.7 Å². The number of aromatic nitrogens is 2. The third-order valence-corrected chi connectivity index (χ3v) is 4.54. The number of amides is 2. The van der Waals surface area contributed by atoms with Gasteiger partial charge in [-0.05, 0) is 18.1 Å². The minimum absolute atomic E-state index is 0.0301. The van der Waals surface area contributed by atoms with Gasteiger partial charge in [-0.25, -0.2) is 4.98 Å². The van der Waals surface area contributed by atoms with Gasteiger partial charge in [-0.2, -0.15) is 0 Å². The first-order valence-electron chi connectivity index (χ1n) is 8.12. The molecule has 4 N–H and O–H groups in total. The minimum Gasteiger partial charge on any atom is -0.354 e. The molecule has 0 radical (unpaired) electrons. The number of thiazole rings is 1. The molecule has 0 bridgehead atoms. The van der Waals surface area contributed by atoms with E-state index in [1.807, 2.05) is 31.4 Å². The maximum atomic E-state index is 11.8. The number of carbonyl (C=O) groups excluding carboxylic acids is 2. The molecule has 0 saturated heterocycles. The van der Waals surface area contributed by atoms with Crippen LogP contribution in [0.1, 0.15) is 18.9 Å². The average molecular weight is 361 g/mol. The van der Waals surface area contributed by atoms with Gasteiger partial charge in [0, 0.05) is 36.3 Å². The Hall–Kier alpha value is -2.32. The standard InChI is InChI=1S/C17H23N5O2S/c1-11(2)16(18)17(24)21-9-14(23)20-8-5-15-22-13(10-25-15)12-3-6-19-7-4-12/h3-4,6-7,10-11,16H,5,8-9,18H2,1-2H3,(H,20,23)(H,21,24)/t16-/m0/s1. The van der Waals surface area contributed by atoms with Gasteiger partial charge in [-0.3, -0.25) is 14.6 Å². The Kier molecular flexibility index (Phi) is 7.03. The number of hydrogen-bond donors (Lipinski definition) is 3. The van der Waals surface area contributed by atoms with Crippen LogP contribution < -0.4 is 16.4 Å². The number of pyridine rings is 1. The normalized spacial score (nSPS) is 12.0. The molecule has 0 saturated carbocycles. The van der Waals surface area contributed by atoms with Gasteiger partial charge >= 0.3 is 0 Å². The van der Waals surface area contributed by atoms with Crippen molar-refractivity contribution in [2.24, 2.45) is 11.7 Å². The Balaban J connectivity index is 1.71. The van der Waals surface area contributed by atoms with Crippen molar-refractivity contribution in [3.63, 3.8) is 0 Å². The molecule has 0 aromatic carbocycles. The van der Waals surface area contributed by atoms with Gasteiger partial charge < -0.3 is 16.4 Å². The Morgan fingerprint density at radius 1 is 1.24 bits per heavy atom. The highest BCUT2D eigenvalue weighted by atomic mass is 32.1. The van der Waals surface area contributed by atoms with Gasteiger partial charge in [0.25, 0.3) is 0 Å². The third-order valence-electron chi connectivity index (χ3n) is 3.63. The summed E-state index contributed by atoms with van der Waals surface area (Å²) in [6.45, 7) is 4.12. The molecule has 2 aromatic heterocycles. The lowest BCUT2D eigenvalue weighted by Gasteiger charge is -2.15. The van der Waals surface area contributed by atoms with Gasteiger partial charge in [-0.1, -0.05) is 13.8 Å². The first-order chi connectivity index (χ1) is 12.0. The number of nitrogens with two attached hydrogens (primary N) is 1. The molecule has 2 aromatic rings. The van der Waals surface area contributed by atoms with Crippen molar-refractivity contribution in [1.82, 2.24) is 20.6 Å². The van der Waals surface area contributed by atoms with E-state index in [2.05, 4.69) is 20.6 Å². The third kappa shape index (κ3) is 5.91. The van der Waals surface area contributed by atoms with Crippen LogP contribution in [-0.2, 0) is 16.0 Å². The second-order valence-corrected chi connectivity index (χ2v) is 6.89. The Labute approximate surface area is 151 Å². The molecule has 1 atom stereocenters. The first-order valence-corrected chi connectivity index (χ1v) is 9.00. The van der Waals surface area contributed by atoms with Crippen LogP contribution in [0, 0.1) is 5.92 Å². The van der Waals surface area contributed by atoms with Crippen LogP contribution in [0.25, 0.3) is 11.3 Å². The van der Waals surface area contributed by atoms with Crippen molar-refractivity contribution in [3.05, 3.63) is 34.9 Å². The van der Waals surface area contributed by atoms with E-state index in [0.29, 0.717) is 13.0 Å². The molecule has 134 valence electrons. The van der Waals surface area contributed by atoms with Crippen LogP contribution in [0.2, 0.25) is 0 Å². The lowest BCUT2D eigenvalue weighted by atomic mass is 10.1. The molecular formula is C17H23N5O2S. The minimum atomic E-state index is -0.602. The van der Waals surface area contributed by atoms with Gasteiger partial charge in [0.15, 0.2) is 0 Å². The van der Waals surface area contributed by atoms with Crippen molar-refractivity contribution in [2.75, 3.05) is 13.1 Å². The molecule has 2 heterocycles.